The number of carbonyl (C=O) groups is 2. The summed E-state index contributed by atoms with van der Waals surface area (Å²) in [7, 11) is 0. The molecule has 0 bridgehead atoms. The van der Waals surface area contributed by atoms with E-state index < -0.39 is 0 Å². The fourth-order valence-electron chi connectivity index (χ4n) is 3.09. The minimum Gasteiger partial charge on any atom is -0.339 e. The van der Waals surface area contributed by atoms with Gasteiger partial charge in [0.15, 0.2) is 0 Å². The van der Waals surface area contributed by atoms with Crippen LogP contribution in [0.5, 0.6) is 0 Å². The molecule has 0 N–H and O–H groups in total. The molecule has 0 aromatic heterocycles. The summed E-state index contributed by atoms with van der Waals surface area (Å²) >= 11 is 1.63. The Morgan fingerprint density at radius 3 is 2.46 bits per heavy atom. The Labute approximate surface area is 160 Å². The minimum atomic E-state index is -0.282. The molecular weight excluding hydrogens is 351 g/mol. The van der Waals surface area contributed by atoms with Crippen LogP contribution in [0.15, 0.2) is 24.3 Å². The predicted molar refractivity (Wildman–Crippen MR) is 104 cm³/mol. The maximum Gasteiger partial charge on any atom is 0.232 e. The van der Waals surface area contributed by atoms with Gasteiger partial charge in [0.25, 0.3) is 0 Å². The van der Waals surface area contributed by atoms with Crippen LogP contribution in [-0.4, -0.2) is 51.7 Å². The number of thioether (sulfide) groups is 1. The zero-order valence-electron chi connectivity index (χ0n) is 16.1. The van der Waals surface area contributed by atoms with E-state index in [0.717, 1.165) is 5.56 Å². The fourth-order valence-corrected chi connectivity index (χ4v) is 3.75. The molecule has 1 aromatic rings. The summed E-state index contributed by atoms with van der Waals surface area (Å²) in [4.78, 5) is 29.0. The molecule has 0 radical (unpaired) electrons. The highest BCUT2D eigenvalue weighted by Crippen LogP contribution is 2.22. The van der Waals surface area contributed by atoms with Crippen molar-refractivity contribution in [1.29, 1.82) is 0 Å². The van der Waals surface area contributed by atoms with Crippen molar-refractivity contribution in [3.63, 3.8) is 0 Å². The Balaban J connectivity index is 2.14. The van der Waals surface area contributed by atoms with Gasteiger partial charge < -0.3 is 9.80 Å². The van der Waals surface area contributed by atoms with Crippen LogP contribution in [0.3, 0.4) is 0 Å². The highest BCUT2D eigenvalue weighted by molar-refractivity contribution is 8.00. The zero-order valence-corrected chi connectivity index (χ0v) is 16.9. The first-order valence-electron chi connectivity index (χ1n) is 9.21. The molecule has 0 unspecified atom stereocenters. The van der Waals surface area contributed by atoms with Crippen molar-refractivity contribution in [2.75, 3.05) is 18.8 Å². The molecule has 1 aliphatic rings. The van der Waals surface area contributed by atoms with E-state index in [1.54, 1.807) is 23.9 Å². The van der Waals surface area contributed by atoms with Crippen LogP contribution in [0.25, 0.3) is 0 Å². The summed E-state index contributed by atoms with van der Waals surface area (Å²) in [5.74, 6) is 0.557. The number of amides is 2. The van der Waals surface area contributed by atoms with Crippen LogP contribution < -0.4 is 0 Å². The minimum absolute atomic E-state index is 0.0388. The number of carbonyl (C=O) groups excluding carboxylic acids is 2. The SMILES string of the molecule is CC(C)SCC(=O)N1CCC(=O)N(Cc2ccc(F)cc2)[C@@H](C(C)C)C1. The van der Waals surface area contributed by atoms with Gasteiger partial charge in [-0.2, -0.15) is 0 Å². The van der Waals surface area contributed by atoms with Gasteiger partial charge >= 0.3 is 0 Å². The molecule has 1 aromatic carbocycles. The second kappa shape index (κ2) is 9.40. The molecule has 1 aliphatic heterocycles. The maximum atomic E-state index is 13.2. The average Bonchev–Trinajstić information content (AvgIpc) is 2.75. The third kappa shape index (κ3) is 5.73. The second-order valence-electron chi connectivity index (χ2n) is 7.41. The summed E-state index contributed by atoms with van der Waals surface area (Å²) in [6, 6.07) is 6.23. The maximum absolute atomic E-state index is 13.2. The molecule has 1 heterocycles. The van der Waals surface area contributed by atoms with Gasteiger partial charge in [0.2, 0.25) is 11.8 Å². The first-order chi connectivity index (χ1) is 12.3. The van der Waals surface area contributed by atoms with Crippen molar-refractivity contribution in [2.45, 2.75) is 52.0 Å². The zero-order chi connectivity index (χ0) is 19.3. The predicted octanol–water partition coefficient (Wildman–Crippen LogP) is 3.55. The number of nitrogens with zero attached hydrogens (tertiary/aromatic N) is 2. The number of benzene rings is 1. The Bertz CT molecular complexity index is 619. The van der Waals surface area contributed by atoms with Crippen LogP contribution in [0, 0.1) is 11.7 Å². The normalized spacial score (nSPS) is 18.6. The van der Waals surface area contributed by atoms with Crippen molar-refractivity contribution in [1.82, 2.24) is 9.80 Å². The van der Waals surface area contributed by atoms with Gasteiger partial charge in [0.05, 0.1) is 11.8 Å². The van der Waals surface area contributed by atoms with Crippen LogP contribution >= 0.6 is 11.8 Å². The molecule has 1 saturated heterocycles. The Kier molecular flexibility index (Phi) is 7.50. The molecule has 26 heavy (non-hydrogen) atoms. The standard InChI is InChI=1S/C20H29FN2O2S/c1-14(2)18-12-22(20(25)13-26-15(3)4)10-9-19(24)23(18)11-16-5-7-17(21)8-6-16/h5-8,14-15,18H,9-13H2,1-4H3/t18-/m1/s1. The molecule has 1 fully saturated rings. The Hall–Kier alpha value is -1.56. The van der Waals surface area contributed by atoms with E-state index in [1.165, 1.54) is 12.1 Å². The summed E-state index contributed by atoms with van der Waals surface area (Å²) in [6.45, 7) is 9.78. The van der Waals surface area contributed by atoms with Crippen molar-refractivity contribution in [3.05, 3.63) is 35.6 Å². The second-order valence-corrected chi connectivity index (χ2v) is 8.97. The van der Waals surface area contributed by atoms with Crippen molar-refractivity contribution in [3.8, 4) is 0 Å². The summed E-state index contributed by atoms with van der Waals surface area (Å²) in [5.41, 5.74) is 0.903. The van der Waals surface area contributed by atoms with Gasteiger partial charge in [-0.15, -0.1) is 11.8 Å². The lowest BCUT2D eigenvalue weighted by molar-refractivity contribution is -0.134. The lowest BCUT2D eigenvalue weighted by Crippen LogP contribution is -2.47. The summed E-state index contributed by atoms with van der Waals surface area (Å²) < 4.78 is 13.2. The van der Waals surface area contributed by atoms with E-state index in [-0.39, 0.29) is 29.6 Å². The molecule has 0 aliphatic carbocycles. The molecule has 2 amide bonds. The molecular formula is C20H29FN2O2S. The fraction of sp³-hybridized carbons (Fsp3) is 0.600. The van der Waals surface area contributed by atoms with E-state index in [1.807, 2.05) is 9.80 Å². The molecule has 4 nitrogen and oxygen atoms in total. The summed E-state index contributed by atoms with van der Waals surface area (Å²) in [6.07, 6.45) is 0.336. The van der Waals surface area contributed by atoms with Gasteiger partial charge in [0.1, 0.15) is 5.82 Å². The lowest BCUT2D eigenvalue weighted by Gasteiger charge is -2.34. The average molecular weight is 381 g/mol. The molecule has 6 heteroatoms. The Morgan fingerprint density at radius 2 is 1.88 bits per heavy atom. The third-order valence-electron chi connectivity index (χ3n) is 4.65. The highest BCUT2D eigenvalue weighted by Gasteiger charge is 2.33. The van der Waals surface area contributed by atoms with E-state index in [0.29, 0.717) is 37.1 Å². The van der Waals surface area contributed by atoms with E-state index in [2.05, 4.69) is 27.7 Å². The monoisotopic (exact) mass is 380 g/mol. The van der Waals surface area contributed by atoms with Crippen molar-refractivity contribution < 1.29 is 14.0 Å². The van der Waals surface area contributed by atoms with E-state index in [4.69, 9.17) is 0 Å². The van der Waals surface area contributed by atoms with E-state index in [9.17, 15) is 14.0 Å². The molecule has 0 saturated carbocycles. The molecule has 0 spiro atoms. The number of rotatable bonds is 6. The van der Waals surface area contributed by atoms with Gasteiger partial charge in [-0.05, 0) is 28.9 Å². The number of hydrogen-bond acceptors (Lipinski definition) is 3. The largest absolute Gasteiger partial charge is 0.339 e. The molecule has 1 atom stereocenters. The topological polar surface area (TPSA) is 40.6 Å². The van der Waals surface area contributed by atoms with Crippen LogP contribution in [0.2, 0.25) is 0 Å². The summed E-state index contributed by atoms with van der Waals surface area (Å²) in [5, 5.41) is 0.406. The lowest BCUT2D eigenvalue weighted by atomic mass is 10.0. The first-order valence-corrected chi connectivity index (χ1v) is 10.3. The number of halogens is 1. The quantitative estimate of drug-likeness (QED) is 0.758. The van der Waals surface area contributed by atoms with Crippen LogP contribution in [0.1, 0.15) is 39.7 Å². The first kappa shape index (κ1) is 20.7. The van der Waals surface area contributed by atoms with E-state index >= 15 is 0 Å². The van der Waals surface area contributed by atoms with Crippen molar-refractivity contribution in [2.24, 2.45) is 5.92 Å². The molecule has 2 rings (SSSR count). The molecule has 144 valence electrons. The number of hydrogen-bond donors (Lipinski definition) is 0. The van der Waals surface area contributed by atoms with Crippen molar-refractivity contribution >= 4 is 23.6 Å². The van der Waals surface area contributed by atoms with Crippen LogP contribution in [0.4, 0.5) is 4.39 Å². The van der Waals surface area contributed by atoms with Gasteiger partial charge in [-0.25, -0.2) is 4.39 Å². The Morgan fingerprint density at radius 1 is 1.23 bits per heavy atom. The smallest absolute Gasteiger partial charge is 0.232 e. The highest BCUT2D eigenvalue weighted by atomic mass is 32.2. The van der Waals surface area contributed by atoms with Gasteiger partial charge in [0, 0.05) is 26.1 Å². The van der Waals surface area contributed by atoms with Crippen LogP contribution in [-0.2, 0) is 16.1 Å². The van der Waals surface area contributed by atoms with Gasteiger partial charge in [-0.1, -0.05) is 39.8 Å². The van der Waals surface area contributed by atoms with Gasteiger partial charge in [-0.3, -0.25) is 9.59 Å². The third-order valence-corrected chi connectivity index (χ3v) is 5.73.